The van der Waals surface area contributed by atoms with Gasteiger partial charge in [0, 0.05) is 19.6 Å². The van der Waals surface area contributed by atoms with E-state index in [1.807, 2.05) is 13.8 Å². The average molecular weight is 353 g/mol. The van der Waals surface area contributed by atoms with E-state index in [1.165, 1.54) is 4.31 Å². The van der Waals surface area contributed by atoms with E-state index in [4.69, 9.17) is 4.74 Å². The van der Waals surface area contributed by atoms with Crippen molar-refractivity contribution >= 4 is 16.1 Å². The maximum atomic E-state index is 12.8. The van der Waals surface area contributed by atoms with Gasteiger partial charge in [-0.1, -0.05) is 0 Å². The van der Waals surface area contributed by atoms with Crippen LogP contribution in [0.1, 0.15) is 26.7 Å². The molecule has 0 aromatic heterocycles. The molecule has 24 heavy (non-hydrogen) atoms. The van der Waals surface area contributed by atoms with Gasteiger partial charge < -0.3 is 15.4 Å². The molecule has 0 saturated carbocycles. The number of carbonyl (C=O) groups excluding carboxylic acids is 1. The van der Waals surface area contributed by atoms with Crippen molar-refractivity contribution in [1.29, 1.82) is 0 Å². The summed E-state index contributed by atoms with van der Waals surface area (Å²) >= 11 is 0. The number of amides is 2. The fraction of sp³-hybridized carbons (Fsp3) is 0.562. The van der Waals surface area contributed by atoms with E-state index in [2.05, 4.69) is 10.6 Å². The fourth-order valence-electron chi connectivity index (χ4n) is 3.15. The molecular formula is C16H23N3O4S. The third-order valence-corrected chi connectivity index (χ3v) is 6.39. The molecule has 2 N–H and O–H groups in total. The average Bonchev–Trinajstić information content (AvgIpc) is 2.88. The van der Waals surface area contributed by atoms with Crippen molar-refractivity contribution < 1.29 is 17.9 Å². The lowest BCUT2D eigenvalue weighted by Crippen LogP contribution is -2.53. The van der Waals surface area contributed by atoms with Crippen LogP contribution in [-0.4, -0.2) is 50.0 Å². The Kier molecular flexibility index (Phi) is 4.44. The van der Waals surface area contributed by atoms with Crippen molar-refractivity contribution in [2.24, 2.45) is 0 Å². The van der Waals surface area contributed by atoms with Gasteiger partial charge in [0.25, 0.3) is 0 Å². The normalized spacial score (nSPS) is 20.9. The molecule has 2 fully saturated rings. The first-order chi connectivity index (χ1) is 11.3. The largest absolute Gasteiger partial charge is 0.491 e. The number of piperidine rings is 1. The Labute approximate surface area is 142 Å². The number of benzene rings is 1. The highest BCUT2D eigenvalue weighted by molar-refractivity contribution is 7.89. The van der Waals surface area contributed by atoms with E-state index in [1.54, 1.807) is 24.3 Å². The highest BCUT2D eigenvalue weighted by Gasteiger charge is 2.42. The number of hydrogen-bond acceptors (Lipinski definition) is 4. The number of urea groups is 1. The van der Waals surface area contributed by atoms with E-state index in [-0.39, 0.29) is 22.6 Å². The monoisotopic (exact) mass is 353 g/mol. The molecule has 132 valence electrons. The maximum absolute atomic E-state index is 12.8. The van der Waals surface area contributed by atoms with Crippen LogP contribution in [0.4, 0.5) is 4.79 Å². The number of carbonyl (C=O) groups is 1. The number of sulfonamides is 1. The second kappa shape index (κ2) is 6.25. The Bertz CT molecular complexity index is 707. The minimum absolute atomic E-state index is 0.0426. The van der Waals surface area contributed by atoms with Crippen molar-refractivity contribution in [3.05, 3.63) is 24.3 Å². The first kappa shape index (κ1) is 17.0. The van der Waals surface area contributed by atoms with Gasteiger partial charge in [0.2, 0.25) is 10.0 Å². The van der Waals surface area contributed by atoms with Gasteiger partial charge in [-0.15, -0.1) is 0 Å². The molecule has 0 bridgehead atoms. The number of ether oxygens (including phenoxy) is 1. The molecule has 1 spiro atoms. The molecule has 0 atom stereocenters. The molecule has 2 aliphatic heterocycles. The van der Waals surface area contributed by atoms with Gasteiger partial charge in [-0.3, -0.25) is 0 Å². The van der Waals surface area contributed by atoms with E-state index >= 15 is 0 Å². The Morgan fingerprint density at radius 3 is 2.29 bits per heavy atom. The second-order valence-corrected chi connectivity index (χ2v) is 8.57. The molecule has 3 rings (SSSR count). The summed E-state index contributed by atoms with van der Waals surface area (Å²) in [5, 5.41) is 5.67. The predicted octanol–water partition coefficient (Wildman–Crippen LogP) is 1.31. The van der Waals surface area contributed by atoms with Crippen LogP contribution in [0.15, 0.2) is 29.2 Å². The zero-order chi connectivity index (χ0) is 17.4. The SMILES string of the molecule is CC(C)Oc1ccc(S(=O)(=O)N2CCC3(CC2)CNC(=O)N3)cc1. The van der Waals surface area contributed by atoms with Crippen molar-refractivity contribution in [1.82, 2.24) is 14.9 Å². The lowest BCUT2D eigenvalue weighted by atomic mass is 9.90. The summed E-state index contributed by atoms with van der Waals surface area (Å²) < 4.78 is 32.6. The zero-order valence-corrected chi connectivity index (χ0v) is 14.7. The molecule has 0 unspecified atom stereocenters. The van der Waals surface area contributed by atoms with Gasteiger partial charge >= 0.3 is 6.03 Å². The molecule has 0 radical (unpaired) electrons. The number of hydrogen-bond donors (Lipinski definition) is 2. The summed E-state index contributed by atoms with van der Waals surface area (Å²) in [6.45, 7) is 5.19. The van der Waals surface area contributed by atoms with Gasteiger partial charge in [-0.05, 0) is 51.0 Å². The molecule has 2 aliphatic rings. The molecule has 2 saturated heterocycles. The molecule has 0 aliphatic carbocycles. The number of rotatable bonds is 4. The Balaban J connectivity index is 1.69. The number of nitrogens with zero attached hydrogens (tertiary/aromatic N) is 1. The molecule has 8 heteroatoms. The van der Waals surface area contributed by atoms with Crippen LogP contribution in [0.5, 0.6) is 5.75 Å². The van der Waals surface area contributed by atoms with Crippen LogP contribution in [0.2, 0.25) is 0 Å². The molecule has 2 heterocycles. The summed E-state index contributed by atoms with van der Waals surface area (Å²) in [7, 11) is -3.52. The highest BCUT2D eigenvalue weighted by atomic mass is 32.2. The molecule has 7 nitrogen and oxygen atoms in total. The van der Waals surface area contributed by atoms with Gasteiger partial charge in [0.1, 0.15) is 5.75 Å². The standard InChI is InChI=1S/C16H23N3O4S/c1-12(2)23-13-3-5-14(6-4-13)24(21,22)19-9-7-16(8-10-19)11-17-15(20)18-16/h3-6,12H,7-11H2,1-2H3,(H2,17,18,20). The molecular weight excluding hydrogens is 330 g/mol. The van der Waals surface area contributed by atoms with E-state index in [9.17, 15) is 13.2 Å². The van der Waals surface area contributed by atoms with Crippen LogP contribution >= 0.6 is 0 Å². The minimum Gasteiger partial charge on any atom is -0.491 e. The third kappa shape index (κ3) is 3.34. The Morgan fingerprint density at radius 1 is 1.17 bits per heavy atom. The topological polar surface area (TPSA) is 87.7 Å². The van der Waals surface area contributed by atoms with Crippen LogP contribution in [0.25, 0.3) is 0 Å². The molecule has 1 aromatic rings. The lowest BCUT2D eigenvalue weighted by molar-refractivity contribution is 0.216. The quantitative estimate of drug-likeness (QED) is 0.854. The summed E-state index contributed by atoms with van der Waals surface area (Å²) in [4.78, 5) is 11.6. The first-order valence-electron chi connectivity index (χ1n) is 8.14. The summed E-state index contributed by atoms with van der Waals surface area (Å²) in [6, 6.07) is 6.35. The van der Waals surface area contributed by atoms with E-state index in [0.29, 0.717) is 38.2 Å². The van der Waals surface area contributed by atoms with Crippen molar-refractivity contribution in [3.63, 3.8) is 0 Å². The number of nitrogens with one attached hydrogen (secondary N) is 2. The van der Waals surface area contributed by atoms with Crippen LogP contribution in [-0.2, 0) is 10.0 Å². The van der Waals surface area contributed by atoms with Crippen LogP contribution in [0.3, 0.4) is 0 Å². The van der Waals surface area contributed by atoms with Crippen molar-refractivity contribution in [2.45, 2.75) is 43.2 Å². The van der Waals surface area contributed by atoms with Crippen molar-refractivity contribution in [2.75, 3.05) is 19.6 Å². The Hall–Kier alpha value is -1.80. The third-order valence-electron chi connectivity index (χ3n) is 4.48. The maximum Gasteiger partial charge on any atom is 0.315 e. The highest BCUT2D eigenvalue weighted by Crippen LogP contribution is 2.28. The van der Waals surface area contributed by atoms with Crippen molar-refractivity contribution in [3.8, 4) is 5.75 Å². The van der Waals surface area contributed by atoms with Gasteiger partial charge in [-0.2, -0.15) is 4.31 Å². The molecule has 1 aromatic carbocycles. The van der Waals surface area contributed by atoms with Gasteiger partial charge in [0.15, 0.2) is 0 Å². The van der Waals surface area contributed by atoms with E-state index in [0.717, 1.165) is 0 Å². The predicted molar refractivity (Wildman–Crippen MR) is 89.5 cm³/mol. The molecule has 2 amide bonds. The second-order valence-electron chi connectivity index (χ2n) is 6.63. The Morgan fingerprint density at radius 2 is 1.79 bits per heavy atom. The van der Waals surface area contributed by atoms with Crippen LogP contribution < -0.4 is 15.4 Å². The zero-order valence-electron chi connectivity index (χ0n) is 13.9. The first-order valence-corrected chi connectivity index (χ1v) is 9.58. The fourth-order valence-corrected chi connectivity index (χ4v) is 4.59. The van der Waals surface area contributed by atoms with E-state index < -0.39 is 10.0 Å². The smallest absolute Gasteiger partial charge is 0.315 e. The van der Waals surface area contributed by atoms with Crippen LogP contribution in [0, 0.1) is 0 Å². The minimum atomic E-state index is -3.52. The van der Waals surface area contributed by atoms with Gasteiger partial charge in [0.05, 0.1) is 16.5 Å². The lowest BCUT2D eigenvalue weighted by Gasteiger charge is -2.37. The van der Waals surface area contributed by atoms with Gasteiger partial charge in [-0.25, -0.2) is 13.2 Å². The summed E-state index contributed by atoms with van der Waals surface area (Å²) in [5.74, 6) is 0.654. The summed E-state index contributed by atoms with van der Waals surface area (Å²) in [6.07, 6.45) is 1.26. The summed E-state index contributed by atoms with van der Waals surface area (Å²) in [5.41, 5.74) is -0.307.